The van der Waals surface area contributed by atoms with Crippen LogP contribution in [0.4, 0.5) is 0 Å². The molecule has 152 valence electrons. The third-order valence-electron chi connectivity index (χ3n) is 5.03. The predicted molar refractivity (Wildman–Crippen MR) is 100 cm³/mol. The highest BCUT2D eigenvalue weighted by molar-refractivity contribution is 6.31. The molecule has 4 rings (SSSR count). The van der Waals surface area contributed by atoms with Crippen LogP contribution < -0.4 is 9.47 Å². The van der Waals surface area contributed by atoms with E-state index in [1.165, 1.54) is 0 Å². The van der Waals surface area contributed by atoms with Crippen molar-refractivity contribution in [2.75, 3.05) is 19.9 Å². The van der Waals surface area contributed by atoms with Crippen molar-refractivity contribution in [1.29, 1.82) is 0 Å². The van der Waals surface area contributed by atoms with E-state index in [1.807, 2.05) is 23.7 Å². The Bertz CT molecular complexity index is 821. The van der Waals surface area contributed by atoms with E-state index in [1.54, 1.807) is 0 Å². The van der Waals surface area contributed by atoms with E-state index < -0.39 is 0 Å². The Labute approximate surface area is 167 Å². The van der Waals surface area contributed by atoms with E-state index in [2.05, 4.69) is 15.1 Å². The van der Waals surface area contributed by atoms with Gasteiger partial charge in [-0.15, -0.1) is 10.2 Å². The van der Waals surface area contributed by atoms with Gasteiger partial charge in [-0.25, -0.2) is 0 Å². The van der Waals surface area contributed by atoms with Crippen LogP contribution in [0.2, 0.25) is 5.02 Å². The molecule has 0 unspecified atom stereocenters. The van der Waals surface area contributed by atoms with Gasteiger partial charge in [-0.05, 0) is 37.6 Å². The molecule has 10 heteroatoms. The molecule has 0 bridgehead atoms. The molecular formula is C18H23ClN4O5. The molecule has 0 atom stereocenters. The highest BCUT2D eigenvalue weighted by Gasteiger charge is 2.26. The highest BCUT2D eigenvalue weighted by Crippen LogP contribution is 2.37. The number of piperidine rings is 1. The Morgan fingerprint density at radius 3 is 2.50 bits per heavy atom. The van der Waals surface area contributed by atoms with Crippen molar-refractivity contribution in [3.05, 3.63) is 34.4 Å². The van der Waals surface area contributed by atoms with Crippen LogP contribution in [0, 0.1) is 0 Å². The number of halogens is 1. The summed E-state index contributed by atoms with van der Waals surface area (Å²) in [7, 11) is 1.92. The van der Waals surface area contributed by atoms with Gasteiger partial charge in [-0.2, -0.15) is 0 Å². The Kier molecular flexibility index (Phi) is 6.71. The van der Waals surface area contributed by atoms with Crippen molar-refractivity contribution < 1.29 is 24.5 Å². The van der Waals surface area contributed by atoms with Crippen molar-refractivity contribution in [1.82, 2.24) is 19.7 Å². The number of aliphatic hydroxyl groups excluding tert-OH is 1. The van der Waals surface area contributed by atoms with Gasteiger partial charge in [0, 0.05) is 30.6 Å². The Morgan fingerprint density at radius 1 is 1.25 bits per heavy atom. The maximum Gasteiger partial charge on any atom is 0.290 e. The first-order valence-corrected chi connectivity index (χ1v) is 9.32. The minimum absolute atomic E-state index is 0.0784. The van der Waals surface area contributed by atoms with E-state index in [4.69, 9.17) is 31.0 Å². The van der Waals surface area contributed by atoms with Crippen LogP contribution >= 0.6 is 11.6 Å². The number of likely N-dealkylation sites (tertiary alicyclic amines) is 1. The largest absolute Gasteiger partial charge is 0.483 e. The number of aliphatic hydroxyl groups is 1. The minimum atomic E-state index is -0.250. The summed E-state index contributed by atoms with van der Waals surface area (Å²) in [6.45, 7) is 2.66. The van der Waals surface area contributed by atoms with Crippen molar-refractivity contribution >= 4 is 18.1 Å². The van der Waals surface area contributed by atoms with Gasteiger partial charge in [-0.3, -0.25) is 9.69 Å². The van der Waals surface area contributed by atoms with Gasteiger partial charge in [-0.1, -0.05) is 11.6 Å². The van der Waals surface area contributed by atoms with Gasteiger partial charge in [0.2, 0.25) is 6.79 Å². The predicted octanol–water partition coefficient (Wildman–Crippen LogP) is 1.77. The zero-order valence-corrected chi connectivity index (χ0v) is 16.3. The Balaban J connectivity index is 0.000000706. The van der Waals surface area contributed by atoms with Crippen molar-refractivity contribution in [2.24, 2.45) is 7.05 Å². The van der Waals surface area contributed by atoms with Crippen molar-refractivity contribution in [3.63, 3.8) is 0 Å². The van der Waals surface area contributed by atoms with E-state index in [-0.39, 0.29) is 19.9 Å². The van der Waals surface area contributed by atoms with Crippen molar-refractivity contribution in [3.8, 4) is 11.5 Å². The summed E-state index contributed by atoms with van der Waals surface area (Å²) in [5.74, 6) is 3.44. The molecule has 1 aromatic carbocycles. The van der Waals surface area contributed by atoms with Gasteiger partial charge < -0.3 is 24.3 Å². The number of hydrogen-bond acceptors (Lipinski definition) is 7. The fraction of sp³-hybridized carbons (Fsp3) is 0.500. The van der Waals surface area contributed by atoms with E-state index in [0.29, 0.717) is 16.8 Å². The lowest BCUT2D eigenvalue weighted by molar-refractivity contribution is -0.122. The first kappa shape index (κ1) is 20.4. The monoisotopic (exact) mass is 410 g/mol. The molecule has 2 aromatic rings. The summed E-state index contributed by atoms with van der Waals surface area (Å²) in [6, 6.07) is 3.81. The normalized spacial score (nSPS) is 16.5. The summed E-state index contributed by atoms with van der Waals surface area (Å²) in [4.78, 5) is 10.8. The molecule has 0 amide bonds. The van der Waals surface area contributed by atoms with Crippen LogP contribution in [-0.2, 0) is 25.0 Å². The molecule has 3 heterocycles. The Hall–Kier alpha value is -2.36. The molecule has 1 saturated heterocycles. The average molecular weight is 411 g/mol. The molecule has 2 aliphatic rings. The fourth-order valence-corrected chi connectivity index (χ4v) is 3.75. The summed E-state index contributed by atoms with van der Waals surface area (Å²) >= 11 is 6.38. The summed E-state index contributed by atoms with van der Waals surface area (Å²) in [5, 5.41) is 25.2. The second-order valence-electron chi connectivity index (χ2n) is 6.64. The number of carbonyl (C=O) groups is 1. The van der Waals surface area contributed by atoms with Crippen LogP contribution in [0.1, 0.15) is 36.0 Å². The zero-order valence-electron chi connectivity index (χ0n) is 15.5. The number of rotatable bonds is 4. The summed E-state index contributed by atoms with van der Waals surface area (Å²) < 4.78 is 12.7. The number of aromatic nitrogens is 3. The molecule has 0 spiro atoms. The second-order valence-corrected chi connectivity index (χ2v) is 7.05. The van der Waals surface area contributed by atoms with Crippen LogP contribution in [-0.4, -0.2) is 56.2 Å². The van der Waals surface area contributed by atoms with Crippen LogP contribution in [0.5, 0.6) is 11.5 Å². The fourth-order valence-electron chi connectivity index (χ4n) is 3.54. The van der Waals surface area contributed by atoms with Crippen LogP contribution in [0.15, 0.2) is 12.1 Å². The number of fused-ring (bicyclic) bond motifs is 1. The summed E-state index contributed by atoms with van der Waals surface area (Å²) in [5.41, 5.74) is 1.06. The maximum absolute atomic E-state index is 9.27. The lowest BCUT2D eigenvalue weighted by Crippen LogP contribution is -2.33. The van der Waals surface area contributed by atoms with Gasteiger partial charge in [0.05, 0.1) is 0 Å². The van der Waals surface area contributed by atoms with Gasteiger partial charge in [0.25, 0.3) is 6.47 Å². The molecule has 2 N–H and O–H groups in total. The van der Waals surface area contributed by atoms with Gasteiger partial charge >= 0.3 is 0 Å². The van der Waals surface area contributed by atoms with Crippen LogP contribution in [0.3, 0.4) is 0 Å². The molecular weight excluding hydrogens is 388 g/mol. The zero-order chi connectivity index (χ0) is 20.1. The second kappa shape index (κ2) is 9.22. The SMILES string of the molecule is Cn1c(CO)nnc1C1CCN(Cc2cc3c(cc2Cl)OCO3)CC1.O=CO. The van der Waals surface area contributed by atoms with Gasteiger partial charge in [0.1, 0.15) is 12.4 Å². The molecule has 0 saturated carbocycles. The lowest BCUT2D eigenvalue weighted by Gasteiger charge is -2.31. The third-order valence-corrected chi connectivity index (χ3v) is 5.38. The van der Waals surface area contributed by atoms with E-state index in [9.17, 15) is 5.11 Å². The number of carboxylic acid groups (broad SMARTS) is 1. The van der Waals surface area contributed by atoms with E-state index >= 15 is 0 Å². The number of hydrogen-bond donors (Lipinski definition) is 2. The minimum Gasteiger partial charge on any atom is -0.483 e. The van der Waals surface area contributed by atoms with Gasteiger partial charge in [0.15, 0.2) is 17.3 Å². The van der Waals surface area contributed by atoms with Crippen molar-refractivity contribution in [2.45, 2.75) is 31.9 Å². The molecule has 28 heavy (non-hydrogen) atoms. The molecule has 9 nitrogen and oxygen atoms in total. The number of ether oxygens (including phenoxy) is 2. The molecule has 0 aliphatic carbocycles. The maximum atomic E-state index is 9.27. The first-order valence-electron chi connectivity index (χ1n) is 8.94. The molecule has 1 fully saturated rings. The molecule has 0 radical (unpaired) electrons. The van der Waals surface area contributed by atoms with Crippen LogP contribution in [0.25, 0.3) is 0 Å². The number of nitrogens with zero attached hydrogens (tertiary/aromatic N) is 4. The standard InChI is InChI=1S/C17H21ClN4O3.CH2O2/c1-21-16(9-23)19-20-17(21)11-2-4-22(5-3-11)8-12-6-14-15(7-13(12)18)25-10-24-14;2-1-3/h6-7,11,23H,2-5,8-10H2,1H3;1H,(H,2,3). The lowest BCUT2D eigenvalue weighted by atomic mass is 9.95. The van der Waals surface area contributed by atoms with E-state index in [0.717, 1.165) is 55.4 Å². The molecule has 2 aliphatic heterocycles. The Morgan fingerprint density at radius 2 is 1.89 bits per heavy atom. The number of benzene rings is 1. The summed E-state index contributed by atoms with van der Waals surface area (Å²) in [6.07, 6.45) is 2.03. The average Bonchev–Trinajstić information content (AvgIpc) is 3.29. The topological polar surface area (TPSA) is 110 Å². The smallest absolute Gasteiger partial charge is 0.290 e. The molecule has 1 aromatic heterocycles. The third kappa shape index (κ3) is 4.37. The quantitative estimate of drug-likeness (QED) is 0.734. The first-order chi connectivity index (χ1) is 13.6. The highest BCUT2D eigenvalue weighted by atomic mass is 35.5.